The number of rotatable bonds is 5. The fraction of sp³-hybridized carbons (Fsp3) is 0.583. The maximum atomic E-state index is 11.6. The number of hydrogen-bond acceptors (Lipinski definition) is 3. The lowest BCUT2D eigenvalue weighted by atomic mass is 10.1. The Balaban J connectivity index is 1.63. The van der Waals surface area contributed by atoms with Crippen molar-refractivity contribution in [3.63, 3.8) is 0 Å². The topological polar surface area (TPSA) is 38.3 Å². The van der Waals surface area contributed by atoms with Crippen molar-refractivity contribution in [3.8, 4) is 0 Å². The molecule has 0 aromatic carbocycles. The first-order valence-electron chi connectivity index (χ1n) is 5.85. The van der Waals surface area contributed by atoms with Gasteiger partial charge in [-0.1, -0.05) is 0 Å². The number of amides is 1. The Hall–Kier alpha value is -0.390. The highest BCUT2D eigenvalue weighted by molar-refractivity contribution is 9.10. The Bertz CT molecular complexity index is 374. The lowest BCUT2D eigenvalue weighted by molar-refractivity contribution is -0.121. The van der Waals surface area contributed by atoms with Crippen molar-refractivity contribution in [3.05, 3.63) is 20.8 Å². The lowest BCUT2D eigenvalue weighted by Crippen LogP contribution is -2.23. The van der Waals surface area contributed by atoms with Crippen molar-refractivity contribution in [1.82, 2.24) is 5.32 Å². The quantitative estimate of drug-likeness (QED) is 0.906. The second kappa shape index (κ2) is 6.52. The third-order valence-electron chi connectivity index (χ3n) is 2.80. The molecule has 0 bridgehead atoms. The standard InChI is InChI=1S/C12H16BrNO2S/c13-9-6-11(17-8-9)7-14-12(15)4-3-10-2-1-5-16-10/h6,8,10H,1-5,7H2,(H,14,15). The largest absolute Gasteiger partial charge is 0.378 e. The van der Waals surface area contributed by atoms with Gasteiger partial charge in [0.1, 0.15) is 0 Å². The zero-order valence-corrected chi connectivity index (χ0v) is 12.0. The minimum Gasteiger partial charge on any atom is -0.378 e. The molecule has 94 valence electrons. The van der Waals surface area contributed by atoms with E-state index in [1.807, 2.05) is 11.4 Å². The molecular weight excluding hydrogens is 302 g/mol. The number of nitrogens with one attached hydrogen (secondary N) is 1. The van der Waals surface area contributed by atoms with Gasteiger partial charge in [-0.25, -0.2) is 0 Å². The molecule has 0 radical (unpaired) electrons. The Morgan fingerprint density at radius 1 is 1.65 bits per heavy atom. The molecule has 2 heterocycles. The number of hydrogen-bond donors (Lipinski definition) is 1. The molecular formula is C12H16BrNO2S. The van der Waals surface area contributed by atoms with E-state index in [9.17, 15) is 4.79 Å². The number of carbonyl (C=O) groups excluding carboxylic acids is 1. The summed E-state index contributed by atoms with van der Waals surface area (Å²) in [5.41, 5.74) is 0. The smallest absolute Gasteiger partial charge is 0.220 e. The Morgan fingerprint density at radius 2 is 2.53 bits per heavy atom. The van der Waals surface area contributed by atoms with Gasteiger partial charge in [0.25, 0.3) is 0 Å². The van der Waals surface area contributed by atoms with Gasteiger partial charge in [0.15, 0.2) is 0 Å². The van der Waals surface area contributed by atoms with E-state index in [2.05, 4.69) is 21.2 Å². The molecule has 0 saturated carbocycles. The van der Waals surface area contributed by atoms with E-state index < -0.39 is 0 Å². The maximum Gasteiger partial charge on any atom is 0.220 e. The zero-order chi connectivity index (χ0) is 12.1. The second-order valence-electron chi connectivity index (χ2n) is 4.18. The molecule has 1 unspecified atom stereocenters. The monoisotopic (exact) mass is 317 g/mol. The van der Waals surface area contributed by atoms with Gasteiger partial charge in [0.2, 0.25) is 5.91 Å². The molecule has 0 aliphatic carbocycles. The molecule has 2 rings (SSSR count). The number of carbonyl (C=O) groups is 1. The Kier molecular flexibility index (Phi) is 5.00. The van der Waals surface area contributed by atoms with E-state index in [4.69, 9.17) is 4.74 Å². The van der Waals surface area contributed by atoms with Crippen LogP contribution in [-0.2, 0) is 16.1 Å². The summed E-state index contributed by atoms with van der Waals surface area (Å²) in [6.45, 7) is 1.48. The predicted octanol–water partition coefficient (Wildman–Crippen LogP) is 3.09. The van der Waals surface area contributed by atoms with Crippen LogP contribution in [0.15, 0.2) is 15.9 Å². The van der Waals surface area contributed by atoms with Crippen LogP contribution >= 0.6 is 27.3 Å². The molecule has 0 spiro atoms. The summed E-state index contributed by atoms with van der Waals surface area (Å²) in [7, 11) is 0. The molecule has 1 fully saturated rings. The van der Waals surface area contributed by atoms with E-state index in [0.717, 1.165) is 30.3 Å². The van der Waals surface area contributed by atoms with Crippen LogP contribution < -0.4 is 5.32 Å². The molecule has 1 aliphatic rings. The SMILES string of the molecule is O=C(CCC1CCCO1)NCc1cc(Br)cs1. The van der Waals surface area contributed by atoms with Crippen molar-refractivity contribution >= 4 is 33.2 Å². The predicted molar refractivity (Wildman–Crippen MR) is 72.1 cm³/mol. The van der Waals surface area contributed by atoms with Crippen LogP contribution in [0.5, 0.6) is 0 Å². The number of thiophene rings is 1. The lowest BCUT2D eigenvalue weighted by Gasteiger charge is -2.08. The summed E-state index contributed by atoms with van der Waals surface area (Å²) in [6.07, 6.45) is 3.95. The Labute approximate surface area is 114 Å². The molecule has 1 atom stereocenters. The molecule has 1 aromatic rings. The van der Waals surface area contributed by atoms with Gasteiger partial charge in [-0.2, -0.15) is 0 Å². The fourth-order valence-corrected chi connectivity index (χ4v) is 3.28. The van der Waals surface area contributed by atoms with E-state index >= 15 is 0 Å². The van der Waals surface area contributed by atoms with E-state index in [-0.39, 0.29) is 5.91 Å². The summed E-state index contributed by atoms with van der Waals surface area (Å²) < 4.78 is 6.56. The van der Waals surface area contributed by atoms with Gasteiger partial charge < -0.3 is 10.1 Å². The minimum absolute atomic E-state index is 0.116. The molecule has 17 heavy (non-hydrogen) atoms. The molecule has 1 saturated heterocycles. The van der Waals surface area contributed by atoms with Crippen LogP contribution in [0.1, 0.15) is 30.6 Å². The summed E-state index contributed by atoms with van der Waals surface area (Å²) in [4.78, 5) is 12.8. The summed E-state index contributed by atoms with van der Waals surface area (Å²) in [6, 6.07) is 2.03. The highest BCUT2D eigenvalue weighted by atomic mass is 79.9. The van der Waals surface area contributed by atoms with Gasteiger partial charge in [-0.05, 0) is 41.3 Å². The highest BCUT2D eigenvalue weighted by Crippen LogP contribution is 2.19. The summed E-state index contributed by atoms with van der Waals surface area (Å²) >= 11 is 5.04. The molecule has 1 aromatic heterocycles. The van der Waals surface area contributed by atoms with Crippen LogP contribution in [0.2, 0.25) is 0 Å². The van der Waals surface area contributed by atoms with E-state index in [1.165, 1.54) is 4.88 Å². The Morgan fingerprint density at radius 3 is 3.18 bits per heavy atom. The van der Waals surface area contributed by atoms with Crippen LogP contribution in [0.4, 0.5) is 0 Å². The van der Waals surface area contributed by atoms with Crippen LogP contribution in [0.3, 0.4) is 0 Å². The number of halogens is 1. The maximum absolute atomic E-state index is 11.6. The minimum atomic E-state index is 0.116. The third kappa shape index (κ3) is 4.41. The molecule has 5 heteroatoms. The van der Waals surface area contributed by atoms with E-state index in [0.29, 0.717) is 19.1 Å². The first-order valence-corrected chi connectivity index (χ1v) is 7.52. The first-order chi connectivity index (χ1) is 8.24. The molecule has 1 aliphatic heterocycles. The molecule has 3 nitrogen and oxygen atoms in total. The fourth-order valence-electron chi connectivity index (χ4n) is 1.88. The average Bonchev–Trinajstić information content (AvgIpc) is 2.95. The molecule has 1 amide bonds. The molecule has 1 N–H and O–H groups in total. The van der Waals surface area contributed by atoms with Crippen LogP contribution in [0, 0.1) is 0 Å². The highest BCUT2D eigenvalue weighted by Gasteiger charge is 2.16. The van der Waals surface area contributed by atoms with Gasteiger partial charge in [0, 0.05) is 27.8 Å². The van der Waals surface area contributed by atoms with Crippen molar-refractivity contribution in [2.45, 2.75) is 38.3 Å². The summed E-state index contributed by atoms with van der Waals surface area (Å²) in [5, 5.41) is 4.95. The van der Waals surface area contributed by atoms with Crippen molar-refractivity contribution in [2.24, 2.45) is 0 Å². The van der Waals surface area contributed by atoms with Gasteiger partial charge in [-0.15, -0.1) is 11.3 Å². The van der Waals surface area contributed by atoms with Crippen molar-refractivity contribution in [1.29, 1.82) is 0 Å². The average molecular weight is 318 g/mol. The van der Waals surface area contributed by atoms with Crippen LogP contribution in [0.25, 0.3) is 0 Å². The first kappa shape index (κ1) is 13.1. The van der Waals surface area contributed by atoms with Crippen molar-refractivity contribution < 1.29 is 9.53 Å². The van der Waals surface area contributed by atoms with Crippen LogP contribution in [-0.4, -0.2) is 18.6 Å². The number of ether oxygens (including phenoxy) is 1. The normalized spacial score (nSPS) is 19.5. The zero-order valence-electron chi connectivity index (χ0n) is 9.58. The third-order valence-corrected chi connectivity index (χ3v) is 4.50. The van der Waals surface area contributed by atoms with Gasteiger partial charge >= 0.3 is 0 Å². The van der Waals surface area contributed by atoms with Crippen molar-refractivity contribution in [2.75, 3.05) is 6.61 Å². The van der Waals surface area contributed by atoms with Gasteiger partial charge in [0.05, 0.1) is 12.6 Å². The van der Waals surface area contributed by atoms with Gasteiger partial charge in [-0.3, -0.25) is 4.79 Å². The second-order valence-corrected chi connectivity index (χ2v) is 6.09. The summed E-state index contributed by atoms with van der Waals surface area (Å²) in [5.74, 6) is 0.116. The van der Waals surface area contributed by atoms with E-state index in [1.54, 1.807) is 11.3 Å².